The van der Waals surface area contributed by atoms with E-state index >= 15 is 0 Å². The fourth-order valence-electron chi connectivity index (χ4n) is 2.80. The third kappa shape index (κ3) is 4.31. The first-order valence-electron chi connectivity index (χ1n) is 8.01. The zero-order valence-corrected chi connectivity index (χ0v) is 14.1. The molecule has 1 amide bonds. The average Bonchev–Trinajstić information content (AvgIpc) is 2.47. The second-order valence-corrected chi connectivity index (χ2v) is 7.39. The predicted octanol–water partition coefficient (Wildman–Crippen LogP) is 1.91. The van der Waals surface area contributed by atoms with Crippen molar-refractivity contribution in [3.63, 3.8) is 0 Å². The normalized spacial score (nSPS) is 23.3. The summed E-state index contributed by atoms with van der Waals surface area (Å²) in [4.78, 5) is 14.3. The van der Waals surface area contributed by atoms with E-state index in [0.717, 1.165) is 12.1 Å². The lowest BCUT2D eigenvalue weighted by Crippen LogP contribution is -2.48. The lowest BCUT2D eigenvalue weighted by Gasteiger charge is -2.32. The van der Waals surface area contributed by atoms with Crippen molar-refractivity contribution in [3.8, 4) is 0 Å². The fraction of sp³-hybridized carbons (Fsp3) is 0.611. The van der Waals surface area contributed by atoms with Crippen molar-refractivity contribution in [2.24, 2.45) is 5.92 Å². The smallest absolute Gasteiger partial charge is 0.227 e. The molecule has 0 unspecified atom stereocenters. The molecule has 0 radical (unpaired) electrons. The fourth-order valence-corrected chi connectivity index (χ4v) is 2.80. The van der Waals surface area contributed by atoms with Crippen LogP contribution in [0, 0.1) is 5.92 Å². The molecule has 1 saturated heterocycles. The minimum absolute atomic E-state index is 0.0565. The van der Waals surface area contributed by atoms with Gasteiger partial charge in [0, 0.05) is 19.6 Å². The molecule has 2 N–H and O–H groups in total. The highest BCUT2D eigenvalue weighted by atomic mass is 16.3. The van der Waals surface area contributed by atoms with Crippen LogP contribution in [0.2, 0.25) is 0 Å². The van der Waals surface area contributed by atoms with Gasteiger partial charge in [-0.15, -0.1) is 0 Å². The van der Waals surface area contributed by atoms with Gasteiger partial charge in [-0.2, -0.15) is 0 Å². The van der Waals surface area contributed by atoms with E-state index in [-0.39, 0.29) is 17.2 Å². The van der Waals surface area contributed by atoms with E-state index in [1.807, 2.05) is 7.05 Å². The zero-order valence-electron chi connectivity index (χ0n) is 14.1. The van der Waals surface area contributed by atoms with Gasteiger partial charge in [-0.05, 0) is 30.0 Å². The minimum atomic E-state index is -0.528. The summed E-state index contributed by atoms with van der Waals surface area (Å²) in [6.45, 7) is 8.53. The van der Waals surface area contributed by atoms with Crippen molar-refractivity contribution in [1.29, 1.82) is 0 Å². The highest BCUT2D eigenvalue weighted by molar-refractivity contribution is 5.79. The molecule has 0 spiro atoms. The first kappa shape index (κ1) is 17.0. The standard InChI is InChI=1S/C18H28N2O2/c1-18(2,3)14-7-5-13(6-8-14)11-19-17(22)15-12-20(4)10-9-16(15)21/h5-8,15-16,21H,9-12H2,1-4H3,(H,19,22)/t15-,16+/m1/s1. The Kier molecular flexibility index (Phi) is 5.24. The molecule has 4 nitrogen and oxygen atoms in total. The van der Waals surface area contributed by atoms with Crippen molar-refractivity contribution in [1.82, 2.24) is 10.2 Å². The molecule has 2 atom stereocenters. The highest BCUT2D eigenvalue weighted by Gasteiger charge is 2.31. The molecule has 0 saturated carbocycles. The third-order valence-corrected chi connectivity index (χ3v) is 4.40. The van der Waals surface area contributed by atoms with Crippen molar-refractivity contribution in [3.05, 3.63) is 35.4 Å². The number of aliphatic hydroxyl groups excluding tert-OH is 1. The van der Waals surface area contributed by atoms with Crippen molar-refractivity contribution in [2.75, 3.05) is 20.1 Å². The first-order chi connectivity index (χ1) is 10.3. The summed E-state index contributed by atoms with van der Waals surface area (Å²) in [7, 11) is 1.98. The molecular formula is C18H28N2O2. The number of rotatable bonds is 3. The Bertz CT molecular complexity index is 505. The summed E-state index contributed by atoms with van der Waals surface area (Å²) < 4.78 is 0. The molecule has 0 aliphatic carbocycles. The Morgan fingerprint density at radius 3 is 2.55 bits per heavy atom. The van der Waals surface area contributed by atoms with Gasteiger partial charge in [0.15, 0.2) is 0 Å². The van der Waals surface area contributed by atoms with Crippen LogP contribution in [0.3, 0.4) is 0 Å². The molecule has 0 bridgehead atoms. The van der Waals surface area contributed by atoms with Crippen LogP contribution in [0.25, 0.3) is 0 Å². The largest absolute Gasteiger partial charge is 0.392 e. The molecule has 1 aromatic rings. The second kappa shape index (κ2) is 6.80. The maximum atomic E-state index is 12.3. The van der Waals surface area contributed by atoms with Crippen LogP contribution >= 0.6 is 0 Å². The summed E-state index contributed by atoms with van der Waals surface area (Å²) in [6.07, 6.45) is 0.133. The number of aliphatic hydroxyl groups is 1. The molecule has 0 aromatic heterocycles. The topological polar surface area (TPSA) is 52.6 Å². The second-order valence-electron chi connectivity index (χ2n) is 7.39. The van der Waals surface area contributed by atoms with E-state index in [9.17, 15) is 9.90 Å². The Labute approximate surface area is 133 Å². The number of piperidine rings is 1. The van der Waals surface area contributed by atoms with Crippen molar-refractivity contribution < 1.29 is 9.90 Å². The molecule has 1 aromatic carbocycles. The number of nitrogens with zero attached hydrogens (tertiary/aromatic N) is 1. The van der Waals surface area contributed by atoms with Gasteiger partial charge in [-0.25, -0.2) is 0 Å². The van der Waals surface area contributed by atoms with Gasteiger partial charge in [-0.3, -0.25) is 4.79 Å². The molecule has 1 heterocycles. The van der Waals surface area contributed by atoms with Crippen LogP contribution in [0.1, 0.15) is 38.3 Å². The third-order valence-electron chi connectivity index (χ3n) is 4.40. The van der Waals surface area contributed by atoms with Crippen molar-refractivity contribution in [2.45, 2.75) is 45.3 Å². The molecule has 22 heavy (non-hydrogen) atoms. The monoisotopic (exact) mass is 304 g/mol. The van der Waals surface area contributed by atoms with Gasteiger partial charge in [0.25, 0.3) is 0 Å². The Morgan fingerprint density at radius 1 is 1.32 bits per heavy atom. The molecule has 1 fully saturated rings. The van der Waals surface area contributed by atoms with Crippen molar-refractivity contribution >= 4 is 5.91 Å². The average molecular weight is 304 g/mol. The van der Waals surface area contributed by atoms with Gasteiger partial charge in [0.1, 0.15) is 0 Å². The molecule has 4 heteroatoms. The highest BCUT2D eigenvalue weighted by Crippen LogP contribution is 2.22. The number of carbonyl (C=O) groups excluding carboxylic acids is 1. The molecular weight excluding hydrogens is 276 g/mol. The van der Waals surface area contributed by atoms with Gasteiger partial charge in [0.2, 0.25) is 5.91 Å². The minimum Gasteiger partial charge on any atom is -0.392 e. The summed E-state index contributed by atoms with van der Waals surface area (Å²) in [6, 6.07) is 8.35. The van der Waals surface area contributed by atoms with Gasteiger partial charge < -0.3 is 15.3 Å². The van der Waals surface area contributed by atoms with E-state index < -0.39 is 6.10 Å². The first-order valence-corrected chi connectivity index (χ1v) is 8.01. The molecule has 2 rings (SSSR count). The number of amides is 1. The molecule has 122 valence electrons. The summed E-state index contributed by atoms with van der Waals surface area (Å²) in [5.41, 5.74) is 2.50. The number of nitrogens with one attached hydrogen (secondary N) is 1. The van der Waals surface area contributed by atoms with E-state index in [0.29, 0.717) is 19.5 Å². The lowest BCUT2D eigenvalue weighted by atomic mass is 9.87. The van der Waals surface area contributed by atoms with E-state index in [1.54, 1.807) is 0 Å². The SMILES string of the molecule is CN1CC[C@H](O)[C@H](C(=O)NCc2ccc(C(C)(C)C)cc2)C1. The van der Waals surface area contributed by atoms with E-state index in [2.05, 4.69) is 55.3 Å². The number of carbonyl (C=O) groups is 1. The maximum Gasteiger partial charge on any atom is 0.227 e. The quantitative estimate of drug-likeness (QED) is 0.897. The zero-order chi connectivity index (χ0) is 16.3. The van der Waals surface area contributed by atoms with Crippen LogP contribution in [-0.2, 0) is 16.8 Å². The number of hydrogen-bond donors (Lipinski definition) is 2. The number of hydrogen-bond acceptors (Lipinski definition) is 3. The summed E-state index contributed by atoms with van der Waals surface area (Å²) in [5, 5.41) is 12.9. The van der Waals surface area contributed by atoms with Crippen LogP contribution in [0.5, 0.6) is 0 Å². The van der Waals surface area contributed by atoms with Gasteiger partial charge in [0.05, 0.1) is 12.0 Å². The van der Waals surface area contributed by atoms with Gasteiger partial charge >= 0.3 is 0 Å². The summed E-state index contributed by atoms with van der Waals surface area (Å²) in [5.74, 6) is -0.383. The van der Waals surface area contributed by atoms with E-state index in [1.165, 1.54) is 5.56 Å². The van der Waals surface area contributed by atoms with Crippen LogP contribution in [0.4, 0.5) is 0 Å². The Hall–Kier alpha value is -1.39. The van der Waals surface area contributed by atoms with Gasteiger partial charge in [-0.1, -0.05) is 45.0 Å². The lowest BCUT2D eigenvalue weighted by molar-refractivity contribution is -0.131. The Balaban J connectivity index is 1.91. The predicted molar refractivity (Wildman–Crippen MR) is 88.6 cm³/mol. The van der Waals surface area contributed by atoms with Crippen LogP contribution in [0.15, 0.2) is 24.3 Å². The summed E-state index contributed by atoms with van der Waals surface area (Å²) >= 11 is 0. The molecule has 1 aliphatic heterocycles. The van der Waals surface area contributed by atoms with E-state index in [4.69, 9.17) is 0 Å². The number of benzene rings is 1. The maximum absolute atomic E-state index is 12.3. The molecule has 1 aliphatic rings. The van der Waals surface area contributed by atoms with Crippen LogP contribution < -0.4 is 5.32 Å². The van der Waals surface area contributed by atoms with Crippen LogP contribution in [-0.4, -0.2) is 42.2 Å². The Morgan fingerprint density at radius 2 is 1.95 bits per heavy atom. The number of likely N-dealkylation sites (tertiary alicyclic amines) is 1.